The lowest BCUT2D eigenvalue weighted by Crippen LogP contribution is -2.31. The molecule has 0 spiro atoms. The van der Waals surface area contributed by atoms with Gasteiger partial charge in [-0.05, 0) is 37.7 Å². The summed E-state index contributed by atoms with van der Waals surface area (Å²) in [5.41, 5.74) is 1.42. The Kier molecular flexibility index (Phi) is 3.81. The molecule has 0 unspecified atom stereocenters. The van der Waals surface area contributed by atoms with E-state index in [1.54, 1.807) is 25.6 Å². The maximum absolute atomic E-state index is 12.6. The van der Waals surface area contributed by atoms with Crippen LogP contribution >= 0.6 is 11.8 Å². The highest BCUT2D eigenvalue weighted by molar-refractivity contribution is 7.99. The molecule has 0 aliphatic carbocycles. The molecular formula is C14H16N2O3S2. The zero-order valence-corrected chi connectivity index (χ0v) is 13.4. The molecule has 1 atom stereocenters. The SMILES string of the molecule is Cc1noc(C)c1S(=O)(=O)N[C@H]1CCSc2ccccc21. The summed E-state index contributed by atoms with van der Waals surface area (Å²) in [6.07, 6.45) is 0.768. The molecule has 2 heterocycles. The van der Waals surface area contributed by atoms with Crippen LogP contribution in [0.3, 0.4) is 0 Å². The second-order valence-electron chi connectivity index (χ2n) is 5.00. The van der Waals surface area contributed by atoms with Crippen molar-refractivity contribution in [3.63, 3.8) is 0 Å². The summed E-state index contributed by atoms with van der Waals surface area (Å²) >= 11 is 1.76. The Labute approximate surface area is 128 Å². The van der Waals surface area contributed by atoms with Crippen LogP contribution in [0, 0.1) is 13.8 Å². The number of hydrogen-bond acceptors (Lipinski definition) is 5. The molecule has 3 rings (SSSR count). The van der Waals surface area contributed by atoms with E-state index in [2.05, 4.69) is 9.88 Å². The summed E-state index contributed by atoms with van der Waals surface area (Å²) in [7, 11) is -3.64. The number of aromatic nitrogens is 1. The predicted molar refractivity (Wildman–Crippen MR) is 80.8 cm³/mol. The number of nitrogens with one attached hydrogen (secondary N) is 1. The highest BCUT2D eigenvalue weighted by Gasteiger charge is 2.29. The number of rotatable bonds is 3. The zero-order chi connectivity index (χ0) is 15.0. The molecular weight excluding hydrogens is 308 g/mol. The number of nitrogens with zero attached hydrogens (tertiary/aromatic N) is 1. The molecule has 1 aromatic carbocycles. The number of hydrogen-bond donors (Lipinski definition) is 1. The topological polar surface area (TPSA) is 72.2 Å². The highest BCUT2D eigenvalue weighted by atomic mass is 32.2. The quantitative estimate of drug-likeness (QED) is 0.940. The van der Waals surface area contributed by atoms with Crippen molar-refractivity contribution in [1.82, 2.24) is 9.88 Å². The fourth-order valence-corrected chi connectivity index (χ4v) is 5.27. The molecule has 112 valence electrons. The van der Waals surface area contributed by atoms with Crippen LogP contribution in [0.5, 0.6) is 0 Å². The van der Waals surface area contributed by atoms with Crippen LogP contribution in [-0.4, -0.2) is 19.3 Å². The van der Waals surface area contributed by atoms with Gasteiger partial charge in [0.1, 0.15) is 10.6 Å². The van der Waals surface area contributed by atoms with Crippen molar-refractivity contribution in [2.24, 2.45) is 0 Å². The van der Waals surface area contributed by atoms with Gasteiger partial charge in [0.25, 0.3) is 0 Å². The molecule has 5 nitrogen and oxygen atoms in total. The molecule has 1 aliphatic rings. The number of thioether (sulfide) groups is 1. The van der Waals surface area contributed by atoms with Crippen LogP contribution in [-0.2, 0) is 10.0 Å². The minimum Gasteiger partial charge on any atom is -0.360 e. The van der Waals surface area contributed by atoms with E-state index in [0.717, 1.165) is 22.6 Å². The molecule has 2 aromatic rings. The van der Waals surface area contributed by atoms with Gasteiger partial charge in [-0.2, -0.15) is 0 Å². The van der Waals surface area contributed by atoms with E-state index in [1.165, 1.54) is 0 Å². The maximum atomic E-state index is 12.6. The van der Waals surface area contributed by atoms with Gasteiger partial charge in [0, 0.05) is 10.9 Å². The van der Waals surface area contributed by atoms with E-state index >= 15 is 0 Å². The first kappa shape index (κ1) is 14.6. The standard InChI is InChI=1S/C14H16N2O3S2/c1-9-14(10(2)19-15-9)21(17,18)16-12-7-8-20-13-6-4-3-5-11(12)13/h3-6,12,16H,7-8H2,1-2H3/t12-/m0/s1. The molecule has 0 radical (unpaired) electrons. The van der Waals surface area contributed by atoms with E-state index < -0.39 is 10.0 Å². The molecule has 0 amide bonds. The first-order chi connectivity index (χ1) is 9.99. The summed E-state index contributed by atoms with van der Waals surface area (Å²) in [5.74, 6) is 1.21. The summed E-state index contributed by atoms with van der Waals surface area (Å²) in [5, 5.41) is 3.72. The van der Waals surface area contributed by atoms with Crippen molar-refractivity contribution in [3.05, 3.63) is 41.3 Å². The van der Waals surface area contributed by atoms with Gasteiger partial charge in [0.05, 0.1) is 0 Å². The van der Waals surface area contributed by atoms with Crippen LogP contribution in [0.4, 0.5) is 0 Å². The zero-order valence-electron chi connectivity index (χ0n) is 11.8. The van der Waals surface area contributed by atoms with Gasteiger partial charge in [0.15, 0.2) is 5.76 Å². The molecule has 1 N–H and O–H groups in total. The van der Waals surface area contributed by atoms with E-state index in [1.807, 2.05) is 24.3 Å². The van der Waals surface area contributed by atoms with Crippen molar-refractivity contribution >= 4 is 21.8 Å². The largest absolute Gasteiger partial charge is 0.360 e. The predicted octanol–water partition coefficient (Wildman–Crippen LogP) is 2.81. The van der Waals surface area contributed by atoms with Crippen LogP contribution in [0.2, 0.25) is 0 Å². The minimum atomic E-state index is -3.64. The Bertz CT molecular complexity index is 749. The maximum Gasteiger partial charge on any atom is 0.246 e. The van der Waals surface area contributed by atoms with Crippen LogP contribution < -0.4 is 4.72 Å². The number of sulfonamides is 1. The average Bonchev–Trinajstić information content (AvgIpc) is 2.79. The minimum absolute atomic E-state index is 0.151. The van der Waals surface area contributed by atoms with E-state index in [9.17, 15) is 8.42 Å². The third kappa shape index (κ3) is 2.73. The second-order valence-corrected chi connectivity index (χ2v) is 7.79. The first-order valence-electron chi connectivity index (χ1n) is 6.66. The van der Waals surface area contributed by atoms with E-state index in [4.69, 9.17) is 4.52 Å². The number of aryl methyl sites for hydroxylation is 2. The summed E-state index contributed by atoms with van der Waals surface area (Å²) < 4.78 is 33.0. The van der Waals surface area contributed by atoms with Crippen LogP contribution in [0.25, 0.3) is 0 Å². The number of fused-ring (bicyclic) bond motifs is 1. The monoisotopic (exact) mass is 324 g/mol. The Morgan fingerprint density at radius 1 is 1.33 bits per heavy atom. The first-order valence-corrected chi connectivity index (χ1v) is 9.13. The summed E-state index contributed by atoms with van der Waals surface area (Å²) in [6.45, 7) is 3.25. The summed E-state index contributed by atoms with van der Waals surface area (Å²) in [4.78, 5) is 1.29. The van der Waals surface area contributed by atoms with Gasteiger partial charge in [-0.25, -0.2) is 13.1 Å². The average molecular weight is 324 g/mol. The van der Waals surface area contributed by atoms with Crippen LogP contribution in [0.15, 0.2) is 38.6 Å². The second kappa shape index (κ2) is 5.47. The molecule has 1 aromatic heterocycles. The van der Waals surface area contributed by atoms with Crippen molar-refractivity contribution in [2.45, 2.75) is 36.1 Å². The lowest BCUT2D eigenvalue weighted by Gasteiger charge is -2.25. The Morgan fingerprint density at radius 3 is 2.81 bits per heavy atom. The lowest BCUT2D eigenvalue weighted by atomic mass is 10.1. The third-order valence-corrected chi connectivity index (χ3v) is 6.33. The summed E-state index contributed by atoms with van der Waals surface area (Å²) in [6, 6.07) is 7.69. The fraction of sp³-hybridized carbons (Fsp3) is 0.357. The van der Waals surface area contributed by atoms with E-state index in [-0.39, 0.29) is 10.9 Å². The van der Waals surface area contributed by atoms with Crippen molar-refractivity contribution in [2.75, 3.05) is 5.75 Å². The molecule has 0 bridgehead atoms. The van der Waals surface area contributed by atoms with Gasteiger partial charge >= 0.3 is 0 Å². The Morgan fingerprint density at radius 2 is 2.10 bits per heavy atom. The molecule has 0 fully saturated rings. The molecule has 1 aliphatic heterocycles. The van der Waals surface area contributed by atoms with Gasteiger partial charge in [-0.1, -0.05) is 23.4 Å². The van der Waals surface area contributed by atoms with Gasteiger partial charge in [0.2, 0.25) is 10.0 Å². The highest BCUT2D eigenvalue weighted by Crippen LogP contribution is 2.36. The van der Waals surface area contributed by atoms with Gasteiger partial charge in [-0.15, -0.1) is 11.8 Å². The van der Waals surface area contributed by atoms with E-state index in [0.29, 0.717) is 11.5 Å². The van der Waals surface area contributed by atoms with Crippen molar-refractivity contribution in [3.8, 4) is 0 Å². The van der Waals surface area contributed by atoms with Gasteiger partial charge < -0.3 is 4.52 Å². The molecule has 7 heteroatoms. The Balaban J connectivity index is 1.94. The van der Waals surface area contributed by atoms with Crippen molar-refractivity contribution in [1.29, 1.82) is 0 Å². The van der Waals surface area contributed by atoms with Crippen LogP contribution in [0.1, 0.15) is 29.5 Å². The molecule has 0 saturated heterocycles. The molecule has 21 heavy (non-hydrogen) atoms. The van der Waals surface area contributed by atoms with Gasteiger partial charge in [-0.3, -0.25) is 0 Å². The normalized spacial score (nSPS) is 18.5. The molecule has 0 saturated carbocycles. The smallest absolute Gasteiger partial charge is 0.246 e. The fourth-order valence-electron chi connectivity index (χ4n) is 2.57. The van der Waals surface area contributed by atoms with Crippen molar-refractivity contribution < 1.29 is 12.9 Å². The third-order valence-electron chi connectivity index (χ3n) is 3.49. The number of benzene rings is 1. The Hall–Kier alpha value is -1.31. The lowest BCUT2D eigenvalue weighted by molar-refractivity contribution is 0.390.